The van der Waals surface area contributed by atoms with Crippen molar-refractivity contribution >= 4 is 11.3 Å². The molecule has 2 aromatic rings. The van der Waals surface area contributed by atoms with Gasteiger partial charge >= 0.3 is 0 Å². The number of thiophene rings is 1. The van der Waals surface area contributed by atoms with Crippen molar-refractivity contribution in [3.8, 4) is 0 Å². The van der Waals surface area contributed by atoms with Gasteiger partial charge in [-0.2, -0.15) is 0 Å². The van der Waals surface area contributed by atoms with E-state index < -0.39 is 0 Å². The molecule has 0 aliphatic carbocycles. The number of benzene rings is 1. The summed E-state index contributed by atoms with van der Waals surface area (Å²) in [6.07, 6.45) is 2.15. The highest BCUT2D eigenvalue weighted by Gasteiger charge is 2.16. The largest absolute Gasteiger partial charge is 0.306 e. The maximum atomic E-state index is 13.5. The van der Waals surface area contributed by atoms with Crippen LogP contribution in [0.2, 0.25) is 0 Å². The first-order valence-electron chi connectivity index (χ1n) is 7.23. The number of hydrogen-bond donors (Lipinski definition) is 1. The Kier molecular flexibility index (Phi) is 5.32. The summed E-state index contributed by atoms with van der Waals surface area (Å²) < 4.78 is 13.5. The highest BCUT2D eigenvalue weighted by Crippen LogP contribution is 2.29. The normalized spacial score (nSPS) is 12.6. The Morgan fingerprint density at radius 3 is 2.60 bits per heavy atom. The van der Waals surface area contributed by atoms with Crippen LogP contribution in [0.3, 0.4) is 0 Å². The summed E-state index contributed by atoms with van der Waals surface area (Å²) in [7, 11) is 0. The first-order chi connectivity index (χ1) is 9.65. The van der Waals surface area contributed by atoms with Crippen molar-refractivity contribution in [3.05, 3.63) is 57.0 Å². The van der Waals surface area contributed by atoms with Gasteiger partial charge < -0.3 is 5.32 Å². The lowest BCUT2D eigenvalue weighted by Crippen LogP contribution is -2.22. The fourth-order valence-electron chi connectivity index (χ4n) is 2.26. The monoisotopic (exact) mass is 291 g/mol. The molecule has 0 saturated heterocycles. The zero-order valence-corrected chi connectivity index (χ0v) is 13.2. The van der Waals surface area contributed by atoms with Crippen LogP contribution in [0.5, 0.6) is 0 Å². The SMILES string of the molecule is CCCNC(c1ccc(F)c(C)c1)c1ccc(CC)s1. The molecule has 1 aromatic carbocycles. The molecular weight excluding hydrogens is 269 g/mol. The van der Waals surface area contributed by atoms with E-state index in [2.05, 4.69) is 31.3 Å². The molecule has 2 rings (SSSR count). The minimum absolute atomic E-state index is 0.136. The summed E-state index contributed by atoms with van der Waals surface area (Å²) in [4.78, 5) is 2.70. The molecule has 1 atom stereocenters. The van der Waals surface area contributed by atoms with Gasteiger partial charge in [0.25, 0.3) is 0 Å². The minimum atomic E-state index is -0.136. The molecule has 0 amide bonds. The maximum Gasteiger partial charge on any atom is 0.126 e. The van der Waals surface area contributed by atoms with Gasteiger partial charge in [-0.1, -0.05) is 26.0 Å². The van der Waals surface area contributed by atoms with Crippen LogP contribution in [0, 0.1) is 12.7 Å². The molecular formula is C17H22FNS. The Balaban J connectivity index is 2.32. The van der Waals surface area contributed by atoms with Gasteiger partial charge in [0, 0.05) is 9.75 Å². The van der Waals surface area contributed by atoms with Gasteiger partial charge in [0.1, 0.15) is 5.82 Å². The predicted molar refractivity (Wildman–Crippen MR) is 85.0 cm³/mol. The van der Waals surface area contributed by atoms with E-state index in [1.54, 1.807) is 6.07 Å². The van der Waals surface area contributed by atoms with Gasteiger partial charge in [0.05, 0.1) is 6.04 Å². The second-order valence-corrected chi connectivity index (χ2v) is 6.25. The topological polar surface area (TPSA) is 12.0 Å². The molecule has 0 radical (unpaired) electrons. The van der Waals surface area contributed by atoms with E-state index in [9.17, 15) is 4.39 Å². The van der Waals surface area contributed by atoms with E-state index >= 15 is 0 Å². The van der Waals surface area contributed by atoms with Gasteiger partial charge in [-0.25, -0.2) is 4.39 Å². The van der Waals surface area contributed by atoms with Crippen molar-refractivity contribution in [1.29, 1.82) is 0 Å². The fourth-order valence-corrected chi connectivity index (χ4v) is 3.32. The second kappa shape index (κ2) is 7.00. The lowest BCUT2D eigenvalue weighted by atomic mass is 10.0. The van der Waals surface area contributed by atoms with Crippen molar-refractivity contribution in [2.75, 3.05) is 6.54 Å². The van der Waals surface area contributed by atoms with Gasteiger partial charge in [-0.15, -0.1) is 11.3 Å². The van der Waals surface area contributed by atoms with Crippen LogP contribution in [0.1, 0.15) is 47.2 Å². The second-order valence-electron chi connectivity index (χ2n) is 5.05. The standard InChI is InChI=1S/C17H22FNS/c1-4-10-19-17(16-9-7-14(5-2)20-16)13-6-8-15(18)12(3)11-13/h6-9,11,17,19H,4-5,10H2,1-3H3. The van der Waals surface area contributed by atoms with Crippen molar-refractivity contribution < 1.29 is 4.39 Å². The molecule has 108 valence electrons. The summed E-state index contributed by atoms with van der Waals surface area (Å²) in [6.45, 7) is 7.11. The third-order valence-corrected chi connectivity index (χ3v) is 4.72. The van der Waals surface area contributed by atoms with Gasteiger partial charge in [0.15, 0.2) is 0 Å². The zero-order valence-electron chi connectivity index (χ0n) is 12.4. The Morgan fingerprint density at radius 1 is 1.20 bits per heavy atom. The lowest BCUT2D eigenvalue weighted by molar-refractivity contribution is 0.595. The number of aryl methyl sites for hydroxylation is 2. The summed E-state index contributed by atoms with van der Waals surface area (Å²) in [5, 5.41) is 3.57. The molecule has 20 heavy (non-hydrogen) atoms. The molecule has 0 saturated carbocycles. The average molecular weight is 291 g/mol. The molecule has 3 heteroatoms. The Labute approximate surface area is 124 Å². The molecule has 0 spiro atoms. The molecule has 1 N–H and O–H groups in total. The van der Waals surface area contributed by atoms with Crippen LogP contribution in [0.15, 0.2) is 30.3 Å². The fraction of sp³-hybridized carbons (Fsp3) is 0.412. The van der Waals surface area contributed by atoms with Crippen LogP contribution < -0.4 is 5.32 Å². The first kappa shape index (κ1) is 15.2. The quantitative estimate of drug-likeness (QED) is 0.802. The van der Waals surface area contributed by atoms with Gasteiger partial charge in [0.2, 0.25) is 0 Å². The van der Waals surface area contributed by atoms with Crippen molar-refractivity contribution in [3.63, 3.8) is 0 Å². The third-order valence-electron chi connectivity index (χ3n) is 3.43. The number of hydrogen-bond acceptors (Lipinski definition) is 2. The molecule has 0 aliphatic rings. The third kappa shape index (κ3) is 3.47. The molecule has 1 nitrogen and oxygen atoms in total. The Morgan fingerprint density at radius 2 is 2.00 bits per heavy atom. The van der Waals surface area contributed by atoms with Crippen LogP contribution >= 0.6 is 11.3 Å². The summed E-state index contributed by atoms with van der Waals surface area (Å²) in [6, 6.07) is 9.96. The van der Waals surface area contributed by atoms with E-state index in [1.165, 1.54) is 9.75 Å². The average Bonchev–Trinajstić information content (AvgIpc) is 2.92. The maximum absolute atomic E-state index is 13.5. The van der Waals surface area contributed by atoms with Crippen LogP contribution in [0.4, 0.5) is 4.39 Å². The Hall–Kier alpha value is -1.19. The van der Waals surface area contributed by atoms with Crippen LogP contribution in [0.25, 0.3) is 0 Å². The van der Waals surface area contributed by atoms with Gasteiger partial charge in [-0.3, -0.25) is 0 Å². The van der Waals surface area contributed by atoms with E-state index in [0.717, 1.165) is 24.9 Å². The van der Waals surface area contributed by atoms with Crippen molar-refractivity contribution in [2.24, 2.45) is 0 Å². The highest BCUT2D eigenvalue weighted by molar-refractivity contribution is 7.12. The lowest BCUT2D eigenvalue weighted by Gasteiger charge is -2.18. The number of halogens is 1. The molecule has 1 unspecified atom stereocenters. The zero-order chi connectivity index (χ0) is 14.5. The van der Waals surface area contributed by atoms with Crippen molar-refractivity contribution in [2.45, 2.75) is 39.7 Å². The first-order valence-corrected chi connectivity index (χ1v) is 8.05. The molecule has 1 heterocycles. The molecule has 0 bridgehead atoms. The summed E-state index contributed by atoms with van der Waals surface area (Å²) in [5.74, 6) is -0.136. The summed E-state index contributed by atoms with van der Waals surface area (Å²) in [5.41, 5.74) is 1.85. The highest BCUT2D eigenvalue weighted by atomic mass is 32.1. The predicted octanol–water partition coefficient (Wildman–Crippen LogP) is 4.85. The van der Waals surface area contributed by atoms with E-state index in [1.807, 2.05) is 30.4 Å². The molecule has 0 aliphatic heterocycles. The number of nitrogens with one attached hydrogen (secondary N) is 1. The summed E-state index contributed by atoms with van der Waals surface area (Å²) >= 11 is 1.84. The van der Waals surface area contributed by atoms with E-state index in [4.69, 9.17) is 0 Å². The molecule has 1 aromatic heterocycles. The number of rotatable bonds is 6. The molecule has 0 fully saturated rings. The van der Waals surface area contributed by atoms with Crippen LogP contribution in [-0.4, -0.2) is 6.54 Å². The van der Waals surface area contributed by atoms with E-state index in [-0.39, 0.29) is 11.9 Å². The van der Waals surface area contributed by atoms with Gasteiger partial charge in [-0.05, 0) is 55.6 Å². The Bertz CT molecular complexity index is 562. The van der Waals surface area contributed by atoms with E-state index in [0.29, 0.717) is 5.56 Å². The minimum Gasteiger partial charge on any atom is -0.306 e. The smallest absolute Gasteiger partial charge is 0.126 e. The van der Waals surface area contributed by atoms with Crippen LogP contribution in [-0.2, 0) is 6.42 Å². The van der Waals surface area contributed by atoms with Crippen molar-refractivity contribution in [1.82, 2.24) is 5.32 Å².